The highest BCUT2D eigenvalue weighted by Gasteiger charge is 2.27. The Morgan fingerprint density at radius 2 is 1.65 bits per heavy atom. The van der Waals surface area contributed by atoms with Crippen molar-refractivity contribution in [2.75, 3.05) is 18.8 Å². The fourth-order valence-electron chi connectivity index (χ4n) is 3.65. The molecule has 0 radical (unpaired) electrons. The number of likely N-dealkylation sites (tertiary alicyclic amines) is 1. The van der Waals surface area contributed by atoms with E-state index in [0.29, 0.717) is 11.3 Å². The summed E-state index contributed by atoms with van der Waals surface area (Å²) in [6.45, 7) is 2.22. The molecule has 1 aromatic carbocycles. The lowest BCUT2D eigenvalue weighted by Gasteiger charge is -2.36. The van der Waals surface area contributed by atoms with Crippen LogP contribution in [-0.2, 0) is 0 Å². The van der Waals surface area contributed by atoms with Gasteiger partial charge in [0, 0.05) is 30.9 Å². The largest absolute Gasteiger partial charge is 0.398 e. The van der Waals surface area contributed by atoms with Gasteiger partial charge in [-0.1, -0.05) is 25.0 Å². The Kier molecular flexibility index (Phi) is 8.17. The first kappa shape index (κ1) is 20.1. The zero-order valence-electron chi connectivity index (χ0n) is 13.4. The molecule has 0 bridgehead atoms. The van der Waals surface area contributed by atoms with Gasteiger partial charge < -0.3 is 16.0 Å². The summed E-state index contributed by atoms with van der Waals surface area (Å²) in [5.41, 5.74) is 7.01. The molecule has 1 aliphatic carbocycles. The fraction of sp³-hybridized carbons (Fsp3) is 0.588. The van der Waals surface area contributed by atoms with E-state index in [4.69, 9.17) is 5.73 Å². The summed E-state index contributed by atoms with van der Waals surface area (Å²) in [6.07, 6.45) is 7.59. The van der Waals surface area contributed by atoms with E-state index in [-0.39, 0.29) is 36.8 Å². The number of nitrogen functional groups attached to an aromatic ring is 1. The zero-order valence-corrected chi connectivity index (χ0v) is 15.0. The zero-order chi connectivity index (χ0) is 14.7. The molecule has 3 N–H and O–H groups in total. The molecule has 0 atom stereocenters. The number of hydrogen-bond donors (Lipinski definition) is 2. The van der Waals surface area contributed by atoms with Gasteiger partial charge in [-0.05, 0) is 37.8 Å². The van der Waals surface area contributed by atoms with Gasteiger partial charge in [0.2, 0.25) is 0 Å². The number of halogens is 2. The first-order chi connectivity index (χ1) is 10.2. The van der Waals surface area contributed by atoms with Gasteiger partial charge >= 0.3 is 0 Å². The summed E-state index contributed by atoms with van der Waals surface area (Å²) in [7, 11) is 0. The Balaban J connectivity index is 0.00000132. The molecule has 0 unspecified atom stereocenters. The van der Waals surface area contributed by atoms with E-state index in [2.05, 4.69) is 10.2 Å². The summed E-state index contributed by atoms with van der Waals surface area (Å²) in [5.74, 6) is -0.0348. The number of amides is 1. The van der Waals surface area contributed by atoms with E-state index in [1.165, 1.54) is 25.7 Å². The number of para-hydroxylation sites is 1. The number of hydrogen-bond acceptors (Lipinski definition) is 3. The molecule has 1 aliphatic heterocycles. The van der Waals surface area contributed by atoms with E-state index in [9.17, 15) is 4.79 Å². The highest BCUT2D eigenvalue weighted by molar-refractivity contribution is 5.99. The molecular weight excluding hydrogens is 333 g/mol. The van der Waals surface area contributed by atoms with Crippen LogP contribution in [0.3, 0.4) is 0 Å². The van der Waals surface area contributed by atoms with Gasteiger partial charge in [0.05, 0.1) is 5.56 Å². The number of anilines is 1. The Labute approximate surface area is 151 Å². The molecular formula is C17H27Cl2N3O. The van der Waals surface area contributed by atoms with Gasteiger partial charge in [0.1, 0.15) is 0 Å². The summed E-state index contributed by atoms with van der Waals surface area (Å²) in [4.78, 5) is 14.9. The maximum Gasteiger partial charge on any atom is 0.253 e. The van der Waals surface area contributed by atoms with Crippen LogP contribution in [0.5, 0.6) is 0 Å². The van der Waals surface area contributed by atoms with Crippen LogP contribution >= 0.6 is 24.8 Å². The lowest BCUT2D eigenvalue weighted by Crippen LogP contribution is -2.47. The highest BCUT2D eigenvalue weighted by Crippen LogP contribution is 2.26. The van der Waals surface area contributed by atoms with Crippen molar-refractivity contribution in [1.82, 2.24) is 10.2 Å². The smallest absolute Gasteiger partial charge is 0.253 e. The minimum Gasteiger partial charge on any atom is -0.398 e. The van der Waals surface area contributed by atoms with Crippen molar-refractivity contribution < 1.29 is 4.79 Å². The maximum absolute atomic E-state index is 12.3. The number of piperidine rings is 1. The molecule has 2 aliphatic rings. The molecule has 0 spiro atoms. The third kappa shape index (κ3) is 5.00. The molecule has 3 rings (SSSR count). The number of nitrogens with one attached hydrogen (secondary N) is 1. The molecule has 1 aromatic rings. The fourth-order valence-corrected chi connectivity index (χ4v) is 3.65. The molecule has 1 amide bonds. The van der Waals surface area contributed by atoms with Crippen LogP contribution in [0, 0.1) is 0 Å². The summed E-state index contributed by atoms with van der Waals surface area (Å²) >= 11 is 0. The van der Waals surface area contributed by atoms with Gasteiger partial charge in [-0.2, -0.15) is 0 Å². The first-order valence-electron chi connectivity index (χ1n) is 8.13. The minimum atomic E-state index is -0.0348. The molecule has 6 heteroatoms. The third-order valence-electron chi connectivity index (χ3n) is 4.91. The summed E-state index contributed by atoms with van der Waals surface area (Å²) < 4.78 is 0. The third-order valence-corrected chi connectivity index (χ3v) is 4.91. The van der Waals surface area contributed by atoms with Crippen molar-refractivity contribution in [3.05, 3.63) is 29.8 Å². The molecule has 1 heterocycles. The molecule has 0 aromatic heterocycles. The van der Waals surface area contributed by atoms with Crippen LogP contribution in [0.4, 0.5) is 5.69 Å². The van der Waals surface area contributed by atoms with Gasteiger partial charge in [-0.3, -0.25) is 4.79 Å². The minimum absolute atomic E-state index is 0. The number of rotatable bonds is 3. The Morgan fingerprint density at radius 3 is 2.26 bits per heavy atom. The Morgan fingerprint density at radius 1 is 1.04 bits per heavy atom. The van der Waals surface area contributed by atoms with Crippen LogP contribution in [-0.4, -0.2) is 36.0 Å². The normalized spacial score (nSPS) is 19.7. The molecule has 130 valence electrons. The lowest BCUT2D eigenvalue weighted by atomic mass is 10.0. The van der Waals surface area contributed by atoms with E-state index in [0.717, 1.165) is 32.0 Å². The number of carbonyl (C=O) groups is 1. The second-order valence-corrected chi connectivity index (χ2v) is 6.31. The van der Waals surface area contributed by atoms with Crippen LogP contribution in [0.25, 0.3) is 0 Å². The quantitative estimate of drug-likeness (QED) is 0.814. The van der Waals surface area contributed by atoms with Crippen molar-refractivity contribution in [3.8, 4) is 0 Å². The van der Waals surface area contributed by atoms with Gasteiger partial charge in [-0.15, -0.1) is 24.8 Å². The predicted octanol–water partition coefficient (Wildman–Crippen LogP) is 3.25. The average molecular weight is 360 g/mol. The molecule has 23 heavy (non-hydrogen) atoms. The molecule has 4 nitrogen and oxygen atoms in total. The second kappa shape index (κ2) is 9.36. The number of nitrogens with two attached hydrogens (primary N) is 1. The van der Waals surface area contributed by atoms with Crippen molar-refractivity contribution in [2.24, 2.45) is 0 Å². The summed E-state index contributed by atoms with van der Waals surface area (Å²) in [6, 6.07) is 8.36. The molecule has 1 saturated carbocycles. The van der Waals surface area contributed by atoms with E-state index < -0.39 is 0 Å². The number of carbonyl (C=O) groups excluding carboxylic acids is 1. The van der Waals surface area contributed by atoms with E-state index >= 15 is 0 Å². The van der Waals surface area contributed by atoms with Gasteiger partial charge in [0.15, 0.2) is 0 Å². The van der Waals surface area contributed by atoms with Crippen molar-refractivity contribution in [1.29, 1.82) is 0 Å². The standard InChI is InChI=1S/C17H25N3O.2ClH/c18-16-8-4-3-7-15(16)17(21)19-13-9-11-20(12-10-13)14-5-1-2-6-14;;/h3-4,7-8,13-14H,1-2,5-6,9-12,18H2,(H,19,21);2*1H. The molecule has 1 saturated heterocycles. The first-order valence-corrected chi connectivity index (χ1v) is 8.13. The number of benzene rings is 1. The van der Waals surface area contributed by atoms with Crippen LogP contribution in [0.1, 0.15) is 48.9 Å². The predicted molar refractivity (Wildman–Crippen MR) is 99.7 cm³/mol. The topological polar surface area (TPSA) is 58.4 Å². The average Bonchev–Trinajstić information content (AvgIpc) is 3.02. The van der Waals surface area contributed by atoms with Crippen molar-refractivity contribution >= 4 is 36.4 Å². The highest BCUT2D eigenvalue weighted by atomic mass is 35.5. The van der Waals surface area contributed by atoms with Crippen LogP contribution in [0.15, 0.2) is 24.3 Å². The van der Waals surface area contributed by atoms with Gasteiger partial charge in [0.25, 0.3) is 5.91 Å². The number of nitrogens with zero attached hydrogens (tertiary/aromatic N) is 1. The Hall–Kier alpha value is -0.970. The SMILES string of the molecule is Cl.Cl.Nc1ccccc1C(=O)NC1CCN(C2CCCC2)CC1. The maximum atomic E-state index is 12.3. The van der Waals surface area contributed by atoms with Gasteiger partial charge in [-0.25, -0.2) is 0 Å². The summed E-state index contributed by atoms with van der Waals surface area (Å²) in [5, 5.41) is 3.14. The van der Waals surface area contributed by atoms with Crippen molar-refractivity contribution in [3.63, 3.8) is 0 Å². The van der Waals surface area contributed by atoms with Crippen LogP contribution < -0.4 is 11.1 Å². The van der Waals surface area contributed by atoms with Crippen LogP contribution in [0.2, 0.25) is 0 Å². The van der Waals surface area contributed by atoms with E-state index in [1.807, 2.05) is 12.1 Å². The monoisotopic (exact) mass is 359 g/mol. The molecule has 2 fully saturated rings. The van der Waals surface area contributed by atoms with Crippen molar-refractivity contribution in [2.45, 2.75) is 50.6 Å². The van der Waals surface area contributed by atoms with E-state index in [1.54, 1.807) is 12.1 Å². The second-order valence-electron chi connectivity index (χ2n) is 6.31. The Bertz CT molecular complexity index is 498. The lowest BCUT2D eigenvalue weighted by molar-refractivity contribution is 0.0893.